The highest BCUT2D eigenvalue weighted by molar-refractivity contribution is 7.91. The van der Waals surface area contributed by atoms with Crippen molar-refractivity contribution in [3.63, 3.8) is 0 Å². The van der Waals surface area contributed by atoms with Gasteiger partial charge in [-0.3, -0.25) is 28.8 Å². The number of rotatable bonds is 6. The van der Waals surface area contributed by atoms with Gasteiger partial charge >= 0.3 is 6.09 Å². The number of carbonyl (C=O) groups excluding carboxylic acids is 5. The lowest BCUT2D eigenvalue weighted by Crippen LogP contribution is -2.60. The first-order chi connectivity index (χ1) is 23.1. The van der Waals surface area contributed by atoms with E-state index in [9.17, 15) is 32.4 Å². The van der Waals surface area contributed by atoms with Gasteiger partial charge in [0.15, 0.2) is 0 Å². The molecule has 3 fully saturated rings. The van der Waals surface area contributed by atoms with Gasteiger partial charge in [-0.05, 0) is 54.2 Å². The van der Waals surface area contributed by atoms with Gasteiger partial charge in [-0.2, -0.15) is 0 Å². The summed E-state index contributed by atoms with van der Waals surface area (Å²) in [4.78, 5) is 71.3. The van der Waals surface area contributed by atoms with Crippen LogP contribution in [-0.4, -0.2) is 83.5 Å². The lowest BCUT2D eigenvalue weighted by Gasteiger charge is -2.35. The van der Waals surface area contributed by atoms with Crippen LogP contribution in [0, 0.1) is 11.3 Å². The third kappa shape index (κ3) is 7.10. The summed E-state index contributed by atoms with van der Waals surface area (Å²) in [6.45, 7) is 9.76. The van der Waals surface area contributed by atoms with Crippen molar-refractivity contribution in [2.75, 3.05) is 6.54 Å². The lowest BCUT2D eigenvalue weighted by atomic mass is 9.85. The van der Waals surface area contributed by atoms with Crippen molar-refractivity contribution in [3.05, 3.63) is 53.6 Å². The van der Waals surface area contributed by atoms with Crippen LogP contribution < -0.4 is 15.4 Å². The van der Waals surface area contributed by atoms with E-state index >= 15 is 0 Å². The van der Waals surface area contributed by atoms with Crippen molar-refractivity contribution in [2.45, 2.75) is 108 Å². The molecule has 5 atom stereocenters. The SMILES string of the molecule is C=C[C@@H]1C[C@@]1(NC(=O)[C@@H]1C[C@@H]2CN1C(=O)[C@H](C(C)(C)C)NC(=O)CCC/C=C/c1cccc3c1CN(C3)C(=O)O2)C(=O)NS(=O)(=O)C1CC1. The molecule has 2 saturated carbocycles. The van der Waals surface area contributed by atoms with Crippen molar-refractivity contribution in [2.24, 2.45) is 11.3 Å². The monoisotopic (exact) mass is 695 g/mol. The van der Waals surface area contributed by atoms with Crippen molar-refractivity contribution in [1.29, 1.82) is 0 Å². The predicted molar refractivity (Wildman–Crippen MR) is 180 cm³/mol. The molecule has 1 saturated heterocycles. The van der Waals surface area contributed by atoms with Crippen LogP contribution in [0.5, 0.6) is 0 Å². The normalized spacial score (nSPS) is 29.7. The number of nitrogens with one attached hydrogen (secondary N) is 3. The zero-order chi connectivity index (χ0) is 35.3. The largest absolute Gasteiger partial charge is 0.444 e. The molecule has 14 heteroatoms. The van der Waals surface area contributed by atoms with Crippen molar-refractivity contribution in [1.82, 2.24) is 25.2 Å². The van der Waals surface area contributed by atoms with Gasteiger partial charge in [-0.1, -0.05) is 57.2 Å². The zero-order valence-electron chi connectivity index (χ0n) is 28.2. The summed E-state index contributed by atoms with van der Waals surface area (Å²) in [5.74, 6) is -2.89. The maximum atomic E-state index is 14.3. The molecular weight excluding hydrogens is 650 g/mol. The molecule has 0 radical (unpaired) electrons. The molecule has 13 nitrogen and oxygen atoms in total. The molecule has 3 heterocycles. The van der Waals surface area contributed by atoms with E-state index in [4.69, 9.17) is 4.74 Å². The Hall–Kier alpha value is -4.20. The third-order valence-corrected chi connectivity index (χ3v) is 12.0. The van der Waals surface area contributed by atoms with Gasteiger partial charge in [0.05, 0.1) is 18.3 Å². The highest BCUT2D eigenvalue weighted by Crippen LogP contribution is 2.45. The molecule has 264 valence electrons. The average Bonchev–Trinajstić information content (AvgIpc) is 3.92. The fourth-order valence-corrected chi connectivity index (χ4v) is 8.35. The van der Waals surface area contributed by atoms with Crippen molar-refractivity contribution < 1.29 is 37.1 Å². The molecule has 0 spiro atoms. The van der Waals surface area contributed by atoms with Gasteiger partial charge in [-0.25, -0.2) is 13.2 Å². The van der Waals surface area contributed by atoms with E-state index < -0.39 is 74.1 Å². The minimum absolute atomic E-state index is 0.0558. The van der Waals surface area contributed by atoms with Crippen LogP contribution in [0.2, 0.25) is 0 Å². The summed E-state index contributed by atoms with van der Waals surface area (Å²) in [6.07, 6.45) is 6.43. The number of hydrogen-bond donors (Lipinski definition) is 3. The molecule has 5 amide bonds. The number of benzene rings is 1. The number of ether oxygens (including phenoxy) is 1. The number of amides is 5. The molecule has 1 aromatic carbocycles. The average molecular weight is 696 g/mol. The number of fused-ring (bicyclic) bond motifs is 3. The minimum atomic E-state index is -3.89. The predicted octanol–water partition coefficient (Wildman–Crippen LogP) is 2.51. The van der Waals surface area contributed by atoms with E-state index in [1.165, 1.54) is 11.0 Å². The second kappa shape index (κ2) is 12.9. The summed E-state index contributed by atoms with van der Waals surface area (Å²) in [5.41, 5.74) is 0.694. The van der Waals surface area contributed by atoms with E-state index in [1.807, 2.05) is 51.1 Å². The second-order valence-electron chi connectivity index (χ2n) is 14.9. The summed E-state index contributed by atoms with van der Waals surface area (Å²) in [6, 6.07) is 3.70. The molecule has 3 aliphatic heterocycles. The zero-order valence-corrected chi connectivity index (χ0v) is 29.0. The van der Waals surface area contributed by atoms with Gasteiger partial charge in [0.1, 0.15) is 23.7 Å². The first-order valence-corrected chi connectivity index (χ1v) is 18.5. The molecule has 0 unspecified atom stereocenters. The second-order valence-corrected chi connectivity index (χ2v) is 16.9. The van der Waals surface area contributed by atoms with Gasteiger partial charge in [0.25, 0.3) is 5.91 Å². The summed E-state index contributed by atoms with van der Waals surface area (Å²) in [5, 5.41) is 4.99. The Labute approximate surface area is 286 Å². The number of hydrogen-bond acceptors (Lipinski definition) is 8. The topological polar surface area (TPSA) is 171 Å². The Morgan fingerprint density at radius 1 is 1.14 bits per heavy atom. The van der Waals surface area contributed by atoms with E-state index in [-0.39, 0.29) is 31.7 Å². The Bertz CT molecular complexity index is 1710. The summed E-state index contributed by atoms with van der Waals surface area (Å²) < 4.78 is 33.3. The van der Waals surface area contributed by atoms with Crippen LogP contribution in [0.3, 0.4) is 0 Å². The molecular formula is C35H45N5O8S. The standard InChI is InChI=1S/C35H45N5O8S/c1-5-23-17-35(23,32(44)38-49(46,47)25-14-15-25)37-30(42)27-16-24-19-40(27)31(43)29(34(2,3)4)36-28(41)13-8-6-7-10-21-11-9-12-22-18-39(20-26(21)22)33(45)48-24/h5,7,9-12,23-25,27,29H,1,6,8,13-20H2,2-4H3,(H,36,41)(H,37,42)(H,38,44)/b10-7+/t23-,24-,27+,29-,35+/m1/s1. The Morgan fingerprint density at radius 3 is 2.57 bits per heavy atom. The Balaban J connectivity index is 1.28. The molecule has 2 aliphatic carbocycles. The maximum absolute atomic E-state index is 14.3. The molecule has 0 aromatic heterocycles. The highest BCUT2D eigenvalue weighted by atomic mass is 32.2. The van der Waals surface area contributed by atoms with Crippen LogP contribution in [0.15, 0.2) is 36.9 Å². The van der Waals surface area contributed by atoms with E-state index in [0.29, 0.717) is 38.8 Å². The van der Waals surface area contributed by atoms with Crippen LogP contribution in [0.25, 0.3) is 6.08 Å². The van der Waals surface area contributed by atoms with Crippen LogP contribution in [0.4, 0.5) is 4.79 Å². The Morgan fingerprint density at radius 2 is 1.90 bits per heavy atom. The Kier molecular flexibility index (Phi) is 9.14. The number of carbonyl (C=O) groups is 5. The van der Waals surface area contributed by atoms with E-state index in [1.54, 1.807) is 4.90 Å². The highest BCUT2D eigenvalue weighted by Gasteiger charge is 2.62. The van der Waals surface area contributed by atoms with Gasteiger partial charge in [-0.15, -0.1) is 6.58 Å². The molecule has 49 heavy (non-hydrogen) atoms. The first kappa shape index (κ1) is 34.7. The van der Waals surface area contributed by atoms with Crippen molar-refractivity contribution in [3.8, 4) is 0 Å². The summed E-state index contributed by atoms with van der Waals surface area (Å²) in [7, 11) is -3.89. The lowest BCUT2D eigenvalue weighted by molar-refractivity contribution is -0.144. The number of sulfonamides is 1. The van der Waals surface area contributed by atoms with Crippen LogP contribution in [-0.2, 0) is 47.0 Å². The van der Waals surface area contributed by atoms with Gasteiger partial charge in [0, 0.05) is 25.3 Å². The minimum Gasteiger partial charge on any atom is -0.444 e. The molecule has 3 N–H and O–H groups in total. The fourth-order valence-electron chi connectivity index (χ4n) is 6.98. The van der Waals surface area contributed by atoms with Gasteiger partial charge < -0.3 is 20.3 Å². The van der Waals surface area contributed by atoms with E-state index in [0.717, 1.165) is 16.7 Å². The quantitative estimate of drug-likeness (QED) is 0.381. The van der Waals surface area contributed by atoms with Gasteiger partial charge in [0.2, 0.25) is 27.7 Å². The number of nitrogens with zero attached hydrogens (tertiary/aromatic N) is 2. The smallest absolute Gasteiger partial charge is 0.410 e. The maximum Gasteiger partial charge on any atom is 0.410 e. The van der Waals surface area contributed by atoms with Crippen LogP contribution >= 0.6 is 0 Å². The molecule has 6 rings (SSSR count). The van der Waals surface area contributed by atoms with Crippen molar-refractivity contribution >= 4 is 45.8 Å². The third-order valence-electron chi connectivity index (χ3n) is 10.1. The fraction of sp³-hybridized carbons (Fsp3) is 0.571. The first-order valence-electron chi connectivity index (χ1n) is 17.0. The molecule has 1 aromatic rings. The van der Waals surface area contributed by atoms with E-state index in [2.05, 4.69) is 21.9 Å². The summed E-state index contributed by atoms with van der Waals surface area (Å²) >= 11 is 0. The molecule has 4 bridgehead atoms. The van der Waals surface area contributed by atoms with Crippen LogP contribution in [0.1, 0.15) is 82.4 Å². The number of allylic oxidation sites excluding steroid dienone is 1. The molecule has 5 aliphatic rings.